The van der Waals surface area contributed by atoms with Crippen LogP contribution in [0.3, 0.4) is 0 Å². The Morgan fingerprint density at radius 3 is 2.84 bits per heavy atom. The molecule has 4 heteroatoms. The highest BCUT2D eigenvalue weighted by molar-refractivity contribution is 7.98. The summed E-state index contributed by atoms with van der Waals surface area (Å²) in [4.78, 5) is 21.0. The molecular formula is C15H12N2OS. The summed E-state index contributed by atoms with van der Waals surface area (Å²) in [5, 5.41) is 2.14. The highest BCUT2D eigenvalue weighted by Gasteiger charge is 2.11. The van der Waals surface area contributed by atoms with E-state index in [4.69, 9.17) is 0 Å². The van der Waals surface area contributed by atoms with Crippen molar-refractivity contribution in [3.8, 4) is 0 Å². The topological polar surface area (TPSA) is 42.9 Å². The van der Waals surface area contributed by atoms with E-state index in [-0.39, 0.29) is 0 Å². The van der Waals surface area contributed by atoms with Gasteiger partial charge in [0, 0.05) is 21.9 Å². The first-order valence-electron chi connectivity index (χ1n) is 5.93. The molecule has 0 amide bonds. The molecular weight excluding hydrogens is 256 g/mol. The van der Waals surface area contributed by atoms with Crippen LogP contribution in [-0.2, 0) is 0 Å². The lowest BCUT2D eigenvalue weighted by atomic mass is 10.0. The SMILES string of the molecule is CSc1cc(C=O)nc2c1c(C)cc1cccnc12. The van der Waals surface area contributed by atoms with Crippen LogP contribution in [0.1, 0.15) is 16.1 Å². The average molecular weight is 268 g/mol. The van der Waals surface area contributed by atoms with Crippen molar-refractivity contribution in [2.75, 3.05) is 6.26 Å². The fourth-order valence-corrected chi connectivity index (χ4v) is 3.05. The van der Waals surface area contributed by atoms with Gasteiger partial charge in [-0.1, -0.05) is 6.07 Å². The maximum atomic E-state index is 11.0. The summed E-state index contributed by atoms with van der Waals surface area (Å²) in [5.74, 6) is 0. The summed E-state index contributed by atoms with van der Waals surface area (Å²) in [6.07, 6.45) is 4.55. The molecule has 3 nitrogen and oxygen atoms in total. The van der Waals surface area contributed by atoms with Crippen LogP contribution in [0.4, 0.5) is 0 Å². The predicted octanol–water partition coefficient (Wildman–Crippen LogP) is 3.63. The highest BCUT2D eigenvalue weighted by Crippen LogP contribution is 2.32. The van der Waals surface area contributed by atoms with Crippen LogP contribution in [0.2, 0.25) is 0 Å². The Morgan fingerprint density at radius 2 is 2.11 bits per heavy atom. The molecule has 0 saturated heterocycles. The lowest BCUT2D eigenvalue weighted by Crippen LogP contribution is -1.94. The summed E-state index contributed by atoms with van der Waals surface area (Å²) in [6, 6.07) is 7.88. The first kappa shape index (κ1) is 12.1. The molecule has 2 heterocycles. The number of rotatable bonds is 2. The molecule has 1 aromatic carbocycles. The van der Waals surface area contributed by atoms with Crippen molar-refractivity contribution < 1.29 is 4.79 Å². The zero-order valence-electron chi connectivity index (χ0n) is 10.7. The number of carbonyl (C=O) groups is 1. The predicted molar refractivity (Wildman–Crippen MR) is 78.9 cm³/mol. The van der Waals surface area contributed by atoms with Gasteiger partial charge >= 0.3 is 0 Å². The number of hydrogen-bond acceptors (Lipinski definition) is 4. The van der Waals surface area contributed by atoms with E-state index in [9.17, 15) is 4.79 Å². The molecule has 0 unspecified atom stereocenters. The van der Waals surface area contributed by atoms with E-state index < -0.39 is 0 Å². The third-order valence-corrected chi connectivity index (χ3v) is 3.94. The Hall–Kier alpha value is -1.94. The number of aryl methyl sites for hydroxylation is 1. The van der Waals surface area contributed by atoms with Crippen LogP contribution in [0.25, 0.3) is 21.8 Å². The van der Waals surface area contributed by atoms with Crippen molar-refractivity contribution in [1.29, 1.82) is 0 Å². The van der Waals surface area contributed by atoms with Crippen LogP contribution in [0, 0.1) is 6.92 Å². The average Bonchev–Trinajstić information content (AvgIpc) is 2.46. The van der Waals surface area contributed by atoms with Gasteiger partial charge in [-0.3, -0.25) is 9.78 Å². The summed E-state index contributed by atoms with van der Waals surface area (Å²) in [7, 11) is 0. The molecule has 94 valence electrons. The molecule has 0 saturated carbocycles. The Bertz CT molecular complexity index is 799. The number of aldehydes is 1. The molecule has 3 rings (SSSR count). The number of hydrogen-bond donors (Lipinski definition) is 0. The second-order valence-corrected chi connectivity index (χ2v) is 5.21. The number of aromatic nitrogens is 2. The zero-order valence-corrected chi connectivity index (χ0v) is 11.5. The van der Waals surface area contributed by atoms with E-state index in [2.05, 4.69) is 23.0 Å². The van der Waals surface area contributed by atoms with E-state index in [1.54, 1.807) is 18.0 Å². The standard InChI is InChI=1S/C15H12N2OS/c1-9-6-10-4-3-5-16-14(10)15-13(9)12(19-2)7-11(8-18)17-15/h3-8H,1-2H3. The van der Waals surface area contributed by atoms with Gasteiger partial charge < -0.3 is 0 Å². The van der Waals surface area contributed by atoms with E-state index >= 15 is 0 Å². The quantitative estimate of drug-likeness (QED) is 0.404. The first-order valence-corrected chi connectivity index (χ1v) is 7.15. The number of fused-ring (bicyclic) bond motifs is 3. The van der Waals surface area contributed by atoms with Gasteiger partial charge in [0.2, 0.25) is 0 Å². The second kappa shape index (κ2) is 4.63. The van der Waals surface area contributed by atoms with Crippen molar-refractivity contribution >= 4 is 39.9 Å². The summed E-state index contributed by atoms with van der Waals surface area (Å²) < 4.78 is 0. The van der Waals surface area contributed by atoms with Crippen molar-refractivity contribution in [2.45, 2.75) is 11.8 Å². The Morgan fingerprint density at radius 1 is 1.26 bits per heavy atom. The lowest BCUT2D eigenvalue weighted by molar-refractivity contribution is 0.111. The van der Waals surface area contributed by atoms with Gasteiger partial charge in [0.1, 0.15) is 5.69 Å². The van der Waals surface area contributed by atoms with Crippen LogP contribution < -0.4 is 0 Å². The zero-order chi connectivity index (χ0) is 13.4. The van der Waals surface area contributed by atoms with Gasteiger partial charge in [-0.25, -0.2) is 4.98 Å². The van der Waals surface area contributed by atoms with E-state index in [0.29, 0.717) is 5.69 Å². The normalized spacial score (nSPS) is 11.1. The van der Waals surface area contributed by atoms with E-state index in [1.807, 2.05) is 24.5 Å². The molecule has 0 radical (unpaired) electrons. The third kappa shape index (κ3) is 1.88. The third-order valence-electron chi connectivity index (χ3n) is 3.17. The molecule has 2 aromatic heterocycles. The molecule has 0 atom stereocenters. The molecule has 0 bridgehead atoms. The van der Waals surface area contributed by atoms with Crippen molar-refractivity contribution in [2.24, 2.45) is 0 Å². The second-order valence-electron chi connectivity index (χ2n) is 4.36. The lowest BCUT2D eigenvalue weighted by Gasteiger charge is -2.10. The van der Waals surface area contributed by atoms with Gasteiger partial charge in [-0.2, -0.15) is 0 Å². The van der Waals surface area contributed by atoms with Gasteiger partial charge in [0.05, 0.1) is 11.0 Å². The van der Waals surface area contributed by atoms with Gasteiger partial charge in [0.25, 0.3) is 0 Å². The smallest absolute Gasteiger partial charge is 0.168 e. The maximum absolute atomic E-state index is 11.0. The van der Waals surface area contributed by atoms with E-state index in [0.717, 1.165) is 38.6 Å². The highest BCUT2D eigenvalue weighted by atomic mass is 32.2. The molecule has 19 heavy (non-hydrogen) atoms. The largest absolute Gasteiger partial charge is 0.296 e. The van der Waals surface area contributed by atoms with Crippen LogP contribution in [0.15, 0.2) is 35.4 Å². The number of carbonyl (C=O) groups excluding carboxylic acids is 1. The summed E-state index contributed by atoms with van der Waals surface area (Å²) >= 11 is 1.62. The van der Waals surface area contributed by atoms with Crippen LogP contribution >= 0.6 is 11.8 Å². The summed E-state index contributed by atoms with van der Waals surface area (Å²) in [6.45, 7) is 2.07. The minimum absolute atomic E-state index is 0.453. The fourth-order valence-electron chi connectivity index (χ4n) is 2.35. The molecule has 0 spiro atoms. The number of benzene rings is 1. The molecule has 0 aliphatic heterocycles. The molecule has 0 aliphatic carbocycles. The van der Waals surface area contributed by atoms with Crippen molar-refractivity contribution in [1.82, 2.24) is 9.97 Å². The Labute approximate surface area is 115 Å². The Kier molecular flexibility index (Phi) is 2.95. The fraction of sp³-hybridized carbons (Fsp3) is 0.133. The molecule has 0 N–H and O–H groups in total. The van der Waals surface area contributed by atoms with Crippen LogP contribution in [-0.4, -0.2) is 22.5 Å². The minimum Gasteiger partial charge on any atom is -0.296 e. The minimum atomic E-state index is 0.453. The van der Waals surface area contributed by atoms with Gasteiger partial charge in [-0.15, -0.1) is 11.8 Å². The van der Waals surface area contributed by atoms with Crippen LogP contribution in [0.5, 0.6) is 0 Å². The maximum Gasteiger partial charge on any atom is 0.168 e. The van der Waals surface area contributed by atoms with Gasteiger partial charge in [0.15, 0.2) is 6.29 Å². The first-order chi connectivity index (χ1) is 9.24. The van der Waals surface area contributed by atoms with Crippen molar-refractivity contribution in [3.63, 3.8) is 0 Å². The van der Waals surface area contributed by atoms with Crippen molar-refractivity contribution in [3.05, 3.63) is 41.7 Å². The van der Waals surface area contributed by atoms with Gasteiger partial charge in [-0.05, 0) is 36.9 Å². The molecule has 0 aliphatic rings. The monoisotopic (exact) mass is 268 g/mol. The number of pyridine rings is 2. The number of nitrogens with zero attached hydrogens (tertiary/aromatic N) is 2. The van der Waals surface area contributed by atoms with E-state index in [1.165, 1.54) is 0 Å². The number of thioether (sulfide) groups is 1. The summed E-state index contributed by atoms with van der Waals surface area (Å²) in [5.41, 5.74) is 3.27. The molecule has 3 aromatic rings. The molecule has 0 fully saturated rings. The Balaban J connectivity index is 2.58.